The number of benzene rings is 4. The molecule has 0 atom stereocenters. The van der Waals surface area contributed by atoms with Gasteiger partial charge in [0.2, 0.25) is 0 Å². The molecule has 0 bridgehead atoms. The number of ether oxygens (including phenoxy) is 1. The van der Waals surface area contributed by atoms with Crippen LogP contribution in [-0.4, -0.2) is 0 Å². The van der Waals surface area contributed by atoms with E-state index in [0.29, 0.717) is 6.61 Å². The highest BCUT2D eigenvalue weighted by Gasteiger charge is 2.16. The molecule has 0 aromatic heterocycles. The highest BCUT2D eigenvalue weighted by Crippen LogP contribution is 2.38. The van der Waals surface area contributed by atoms with Crippen molar-refractivity contribution in [2.24, 2.45) is 0 Å². The average molecular weight is 338 g/mol. The second-order valence-electron chi connectivity index (χ2n) is 7.20. The third-order valence-corrected chi connectivity index (χ3v) is 5.57. The topological polar surface area (TPSA) is 9.23 Å². The second-order valence-corrected chi connectivity index (χ2v) is 7.20. The first-order chi connectivity index (χ1) is 12.9. The average Bonchev–Trinajstić information content (AvgIpc) is 2.72. The molecule has 1 heteroatoms. The summed E-state index contributed by atoms with van der Waals surface area (Å²) in [5.41, 5.74) is 4.25. The second kappa shape index (κ2) is 6.49. The van der Waals surface area contributed by atoms with Gasteiger partial charge in [-0.15, -0.1) is 0 Å². The van der Waals surface area contributed by atoms with Crippen LogP contribution >= 0.6 is 0 Å². The van der Waals surface area contributed by atoms with Crippen molar-refractivity contribution in [1.82, 2.24) is 0 Å². The van der Waals surface area contributed by atoms with Crippen molar-refractivity contribution in [3.8, 4) is 5.75 Å². The number of hydrogen-bond donors (Lipinski definition) is 0. The molecule has 0 amide bonds. The fourth-order valence-electron chi connectivity index (χ4n) is 4.25. The maximum atomic E-state index is 6.30. The number of hydrogen-bond acceptors (Lipinski definition) is 1. The van der Waals surface area contributed by atoms with Crippen LogP contribution in [0.25, 0.3) is 21.5 Å². The lowest BCUT2D eigenvalue weighted by molar-refractivity contribution is 0.310. The molecule has 1 nitrogen and oxygen atoms in total. The van der Waals surface area contributed by atoms with E-state index in [9.17, 15) is 0 Å². The Kier molecular flexibility index (Phi) is 3.86. The summed E-state index contributed by atoms with van der Waals surface area (Å²) >= 11 is 0. The molecule has 0 unspecified atom stereocenters. The minimum absolute atomic E-state index is 0.603. The Labute approximate surface area is 154 Å². The Bertz CT molecular complexity index is 1080. The van der Waals surface area contributed by atoms with Crippen LogP contribution < -0.4 is 4.74 Å². The van der Waals surface area contributed by atoms with Gasteiger partial charge < -0.3 is 4.74 Å². The molecule has 5 rings (SSSR count). The fourth-order valence-corrected chi connectivity index (χ4v) is 4.25. The minimum atomic E-state index is 0.603. The van der Waals surface area contributed by atoms with Gasteiger partial charge in [0.05, 0.1) is 0 Å². The van der Waals surface area contributed by atoms with Crippen molar-refractivity contribution < 1.29 is 4.74 Å². The Hall–Kier alpha value is -2.80. The molecule has 0 spiro atoms. The zero-order chi connectivity index (χ0) is 17.3. The van der Waals surface area contributed by atoms with E-state index in [1.54, 1.807) is 0 Å². The van der Waals surface area contributed by atoms with Crippen molar-refractivity contribution in [1.29, 1.82) is 0 Å². The van der Waals surface area contributed by atoms with Gasteiger partial charge in [-0.25, -0.2) is 0 Å². The summed E-state index contributed by atoms with van der Waals surface area (Å²) in [7, 11) is 0. The van der Waals surface area contributed by atoms with Gasteiger partial charge in [0.15, 0.2) is 0 Å². The molecular weight excluding hydrogens is 316 g/mol. The van der Waals surface area contributed by atoms with E-state index in [1.165, 1.54) is 63.9 Å². The monoisotopic (exact) mass is 338 g/mol. The summed E-state index contributed by atoms with van der Waals surface area (Å²) in [6.45, 7) is 0.603. The van der Waals surface area contributed by atoms with Crippen molar-refractivity contribution >= 4 is 21.5 Å². The Morgan fingerprint density at radius 1 is 0.654 bits per heavy atom. The molecule has 0 aliphatic heterocycles. The summed E-state index contributed by atoms with van der Waals surface area (Å²) in [5.74, 6) is 0.996. The number of fused-ring (bicyclic) bond motifs is 5. The molecule has 0 saturated carbocycles. The van der Waals surface area contributed by atoms with E-state index in [-0.39, 0.29) is 0 Å². The lowest BCUT2D eigenvalue weighted by Crippen LogP contribution is -2.04. The molecule has 4 aromatic rings. The zero-order valence-electron chi connectivity index (χ0n) is 14.9. The predicted molar refractivity (Wildman–Crippen MR) is 109 cm³/mol. The summed E-state index contributed by atoms with van der Waals surface area (Å²) in [4.78, 5) is 0. The van der Waals surface area contributed by atoms with E-state index < -0.39 is 0 Å². The van der Waals surface area contributed by atoms with Crippen LogP contribution in [0, 0.1) is 0 Å². The molecule has 1 aliphatic rings. The molecule has 0 fully saturated rings. The fraction of sp³-hybridized carbons (Fsp3) is 0.200. The predicted octanol–water partition coefficient (Wildman–Crippen LogP) is 6.45. The largest absolute Gasteiger partial charge is 0.488 e. The maximum Gasteiger partial charge on any atom is 0.128 e. The van der Waals surface area contributed by atoms with Crippen molar-refractivity contribution in [2.75, 3.05) is 0 Å². The van der Waals surface area contributed by atoms with Gasteiger partial charge in [-0.2, -0.15) is 0 Å². The Morgan fingerprint density at radius 2 is 1.38 bits per heavy atom. The third kappa shape index (κ3) is 2.64. The first kappa shape index (κ1) is 15.5. The van der Waals surface area contributed by atoms with Crippen LogP contribution in [0.4, 0.5) is 0 Å². The van der Waals surface area contributed by atoms with Crippen molar-refractivity contribution in [3.63, 3.8) is 0 Å². The molecular formula is C25H22O. The summed E-state index contributed by atoms with van der Waals surface area (Å²) in [6, 6.07) is 26.0. The molecule has 4 aromatic carbocycles. The quantitative estimate of drug-likeness (QED) is 0.390. The number of rotatable bonds is 3. The van der Waals surface area contributed by atoms with Crippen LogP contribution in [0.15, 0.2) is 72.8 Å². The Morgan fingerprint density at radius 3 is 2.27 bits per heavy atom. The van der Waals surface area contributed by atoms with Gasteiger partial charge in [0.25, 0.3) is 0 Å². The lowest BCUT2D eigenvalue weighted by atomic mass is 9.86. The van der Waals surface area contributed by atoms with Gasteiger partial charge >= 0.3 is 0 Å². The molecule has 0 heterocycles. The first-order valence-corrected chi connectivity index (χ1v) is 9.53. The molecule has 0 radical (unpaired) electrons. The van der Waals surface area contributed by atoms with Gasteiger partial charge in [-0.3, -0.25) is 0 Å². The molecule has 1 aliphatic carbocycles. The standard InChI is InChI=1S/C25H22O/c1-2-8-18(9-3-1)17-26-25-16-24-20-11-5-4-10-19(20)14-15-22(24)21-12-6-7-13-23(21)25/h1-3,6-9,12-16H,4-5,10-11,17H2. The van der Waals surface area contributed by atoms with Crippen LogP contribution in [0.5, 0.6) is 5.75 Å². The third-order valence-electron chi connectivity index (χ3n) is 5.57. The van der Waals surface area contributed by atoms with Gasteiger partial charge in [0, 0.05) is 5.39 Å². The minimum Gasteiger partial charge on any atom is -0.488 e. The van der Waals surface area contributed by atoms with Crippen LogP contribution in [0.1, 0.15) is 29.5 Å². The van der Waals surface area contributed by atoms with E-state index in [4.69, 9.17) is 4.74 Å². The molecule has 26 heavy (non-hydrogen) atoms. The summed E-state index contributed by atoms with van der Waals surface area (Å²) < 4.78 is 6.30. The maximum absolute atomic E-state index is 6.30. The van der Waals surface area contributed by atoms with E-state index in [1.807, 2.05) is 6.07 Å². The van der Waals surface area contributed by atoms with Gasteiger partial charge in [-0.05, 0) is 64.6 Å². The number of aryl methyl sites for hydroxylation is 2. The normalized spacial score (nSPS) is 13.7. The van der Waals surface area contributed by atoms with E-state index >= 15 is 0 Å². The summed E-state index contributed by atoms with van der Waals surface area (Å²) in [6.07, 6.45) is 4.99. The SMILES string of the molecule is c1ccc(COc2cc3c4c(ccc3c3ccccc23)CCCC4)cc1. The highest BCUT2D eigenvalue weighted by atomic mass is 16.5. The van der Waals surface area contributed by atoms with Crippen molar-refractivity contribution in [2.45, 2.75) is 32.3 Å². The van der Waals surface area contributed by atoms with Crippen LogP contribution in [0.3, 0.4) is 0 Å². The lowest BCUT2D eigenvalue weighted by Gasteiger charge is -2.20. The van der Waals surface area contributed by atoms with Crippen molar-refractivity contribution in [3.05, 3.63) is 89.5 Å². The van der Waals surface area contributed by atoms with E-state index in [2.05, 4.69) is 66.7 Å². The van der Waals surface area contributed by atoms with Crippen LogP contribution in [-0.2, 0) is 19.4 Å². The van der Waals surface area contributed by atoms with Gasteiger partial charge in [0.1, 0.15) is 12.4 Å². The first-order valence-electron chi connectivity index (χ1n) is 9.53. The Balaban J connectivity index is 1.68. The smallest absolute Gasteiger partial charge is 0.128 e. The molecule has 128 valence electrons. The molecule has 0 N–H and O–H groups in total. The molecule has 0 saturated heterocycles. The summed E-state index contributed by atoms with van der Waals surface area (Å²) in [5, 5.41) is 5.23. The highest BCUT2D eigenvalue weighted by molar-refractivity contribution is 6.11. The zero-order valence-corrected chi connectivity index (χ0v) is 14.9. The van der Waals surface area contributed by atoms with Gasteiger partial charge in [-0.1, -0.05) is 66.7 Å². The van der Waals surface area contributed by atoms with Crippen LogP contribution in [0.2, 0.25) is 0 Å². The van der Waals surface area contributed by atoms with E-state index in [0.717, 1.165) is 5.75 Å².